The molecule has 0 radical (unpaired) electrons. The third-order valence-electron chi connectivity index (χ3n) is 11.2. The molecule has 26 heteroatoms. The summed E-state index contributed by atoms with van der Waals surface area (Å²) in [7, 11) is 0. The molecule has 6 aromatic rings. The fraction of sp³-hybridized carbons (Fsp3) is 0.421. The van der Waals surface area contributed by atoms with Crippen molar-refractivity contribution < 1.29 is 73.2 Å². The van der Waals surface area contributed by atoms with Crippen LogP contribution in [-0.2, 0) is 48.1 Å². The lowest BCUT2D eigenvalue weighted by Crippen LogP contribution is -2.45. The molecule has 0 aliphatic rings. The lowest BCUT2D eigenvalue weighted by Gasteiger charge is -2.32. The molecule has 0 saturated heterocycles. The number of aryl methyl sites for hydroxylation is 2. The summed E-state index contributed by atoms with van der Waals surface area (Å²) in [6, 6.07) is 19.7. The van der Waals surface area contributed by atoms with Crippen molar-refractivity contribution in [2.75, 3.05) is 10.2 Å². The lowest BCUT2D eigenvalue weighted by molar-refractivity contribution is -0.299. The number of aromatic nitrogens is 6. The first-order valence-electron chi connectivity index (χ1n) is 25.5. The minimum Gasteiger partial charge on any atom is -0.444 e. The van der Waals surface area contributed by atoms with Gasteiger partial charge in [-0.15, -0.1) is 33.6 Å². The molecule has 2 unspecified atom stereocenters. The van der Waals surface area contributed by atoms with Crippen molar-refractivity contribution in [2.45, 2.75) is 155 Å². The van der Waals surface area contributed by atoms with Crippen molar-refractivity contribution in [3.63, 3.8) is 0 Å². The number of hydrogen-bond acceptors (Lipinski definition) is 16. The van der Waals surface area contributed by atoms with Crippen molar-refractivity contribution in [2.24, 2.45) is 0 Å². The van der Waals surface area contributed by atoms with E-state index >= 15 is 0 Å². The van der Waals surface area contributed by atoms with E-state index in [0.29, 0.717) is 31.8 Å². The Morgan fingerprint density at radius 2 is 0.976 bits per heavy atom. The molecule has 18 nitrogen and oxygen atoms in total. The second-order valence-electron chi connectivity index (χ2n) is 21.6. The molecule has 2 atom stereocenters. The second-order valence-corrected chi connectivity index (χ2v) is 23.1. The summed E-state index contributed by atoms with van der Waals surface area (Å²) in [6.07, 6.45) is -11.6. The van der Waals surface area contributed by atoms with Crippen LogP contribution in [0.15, 0.2) is 116 Å². The SMILES string of the molecule is C=CCCC(OCc1ccccc1)(c1nnc(-c2nc(Br)c(C)cc2N(C(=O)OC(C)(C)C)C(=O)OC(C)(C)C)o1)C(F)(F)F.C=CCCC(OCc1ccccc1)(c1nnc(-c2nc(Br)c(C)cc2NC(=O)OC(C)(C)C)o1)C(F)(F)F. The topological polar surface area (TPSA) is 216 Å². The summed E-state index contributed by atoms with van der Waals surface area (Å²) >= 11 is 6.59. The molecule has 0 aliphatic carbocycles. The van der Waals surface area contributed by atoms with Gasteiger partial charge in [0.2, 0.25) is 11.2 Å². The average molecular weight is 1290 g/mol. The largest absolute Gasteiger partial charge is 0.444 e. The number of carbonyl (C=O) groups excluding carboxylic acids is 3. The van der Waals surface area contributed by atoms with Crippen molar-refractivity contribution >= 4 is 61.5 Å². The standard InChI is InChI=1S/C31H36BrF3N4O6.C26H28BrF3N4O4/c1-9-10-16-30(31(33,34)35,42-18-20-14-12-11-13-15-20)25-38-37-24(43-25)22-21(17-19(2)23(32)36-22)39(26(40)44-28(3,4)5)27(41)45-29(6,7)8;1-6-7-13-25(26(28,29)30,36-15-17-11-9-8-10-12-17)22-34-33-21(37-22)19-18(14-16(2)20(27)32-19)31-23(35)38-24(3,4)5/h9,11-15,17H,1,10,16,18H2,2-8H3;6,8-12,14H,1,7,13,15H2,2-5H3,(H,31,35). The monoisotopic (exact) mass is 1290 g/mol. The maximum atomic E-state index is 14.9. The molecule has 448 valence electrons. The molecular weight excluding hydrogens is 1230 g/mol. The zero-order valence-electron chi connectivity index (χ0n) is 47.5. The molecule has 1 N–H and O–H groups in total. The maximum Gasteiger partial charge on any atom is 0.426 e. The molecule has 6 rings (SSSR count). The number of nitrogens with one attached hydrogen (secondary N) is 1. The van der Waals surface area contributed by atoms with Crippen LogP contribution in [0.4, 0.5) is 52.1 Å². The van der Waals surface area contributed by atoms with E-state index in [1.807, 2.05) is 0 Å². The van der Waals surface area contributed by atoms with Gasteiger partial charge in [-0.2, -0.15) is 31.2 Å². The highest BCUT2D eigenvalue weighted by atomic mass is 79.9. The molecule has 0 spiro atoms. The fourth-order valence-corrected chi connectivity index (χ4v) is 7.94. The number of rotatable bonds is 18. The number of halogens is 8. The van der Waals surface area contributed by atoms with Gasteiger partial charge < -0.3 is 32.5 Å². The van der Waals surface area contributed by atoms with Crippen LogP contribution in [0.2, 0.25) is 0 Å². The molecule has 2 aromatic carbocycles. The van der Waals surface area contributed by atoms with Crippen LogP contribution < -0.4 is 10.2 Å². The Bertz CT molecular complexity index is 3190. The summed E-state index contributed by atoms with van der Waals surface area (Å²) < 4.78 is 128. The average Bonchev–Trinajstić information content (AvgIpc) is 2.16. The Hall–Kier alpha value is -7.03. The van der Waals surface area contributed by atoms with Crippen LogP contribution in [-0.4, -0.2) is 77.8 Å². The number of amides is 3. The zero-order valence-corrected chi connectivity index (χ0v) is 50.6. The molecule has 4 aromatic heterocycles. The number of pyridine rings is 2. The van der Waals surface area contributed by atoms with Crippen molar-refractivity contribution in [1.82, 2.24) is 30.4 Å². The number of hydrogen-bond donors (Lipinski definition) is 1. The van der Waals surface area contributed by atoms with Crippen molar-refractivity contribution in [1.29, 1.82) is 0 Å². The Morgan fingerprint density at radius 1 is 0.590 bits per heavy atom. The van der Waals surface area contributed by atoms with Crippen LogP contribution in [0.3, 0.4) is 0 Å². The van der Waals surface area contributed by atoms with E-state index in [1.165, 1.54) is 18.2 Å². The third-order valence-corrected chi connectivity index (χ3v) is 12.8. The summed E-state index contributed by atoms with van der Waals surface area (Å²) in [5, 5.41) is 17.8. The number of allylic oxidation sites excluding steroid dienone is 2. The first-order valence-corrected chi connectivity index (χ1v) is 27.1. The van der Waals surface area contributed by atoms with Gasteiger partial charge in [-0.25, -0.2) is 24.4 Å². The van der Waals surface area contributed by atoms with Gasteiger partial charge in [0.15, 0.2) is 11.4 Å². The Kier molecular flexibility index (Phi) is 21.8. The molecule has 0 fully saturated rings. The normalized spacial score (nSPS) is 13.6. The maximum absolute atomic E-state index is 14.9. The molecule has 0 bridgehead atoms. The Morgan fingerprint density at radius 3 is 1.36 bits per heavy atom. The van der Waals surface area contributed by atoms with Gasteiger partial charge in [0.1, 0.15) is 26.0 Å². The van der Waals surface area contributed by atoms with E-state index in [0.717, 1.165) is 0 Å². The minimum absolute atomic E-state index is 0.0359. The smallest absolute Gasteiger partial charge is 0.426 e. The van der Waals surface area contributed by atoms with Crippen molar-refractivity contribution in [3.05, 3.63) is 141 Å². The Balaban J connectivity index is 0.000000308. The number of benzene rings is 2. The highest BCUT2D eigenvalue weighted by molar-refractivity contribution is 9.10. The highest BCUT2D eigenvalue weighted by Gasteiger charge is 2.62. The van der Waals surface area contributed by atoms with E-state index in [-0.39, 0.29) is 52.7 Å². The lowest BCUT2D eigenvalue weighted by atomic mass is 9.96. The van der Waals surface area contributed by atoms with Gasteiger partial charge >= 0.3 is 30.6 Å². The first-order chi connectivity index (χ1) is 38.5. The predicted octanol–water partition coefficient (Wildman–Crippen LogP) is 16.3. The van der Waals surface area contributed by atoms with E-state index < -0.39 is 95.8 Å². The predicted molar refractivity (Wildman–Crippen MR) is 302 cm³/mol. The number of imide groups is 1. The fourth-order valence-electron chi connectivity index (χ4n) is 7.36. The minimum atomic E-state index is -5.00. The molecule has 0 saturated carbocycles. The van der Waals surface area contributed by atoms with Crippen molar-refractivity contribution in [3.8, 4) is 23.2 Å². The van der Waals surface area contributed by atoms with Crippen LogP contribution in [0, 0.1) is 13.8 Å². The van der Waals surface area contributed by atoms with Crippen LogP contribution in [0.25, 0.3) is 23.2 Å². The van der Waals surface area contributed by atoms with Crippen LogP contribution in [0.5, 0.6) is 0 Å². The van der Waals surface area contributed by atoms with E-state index in [4.69, 9.17) is 32.5 Å². The number of ether oxygens (including phenoxy) is 5. The van der Waals surface area contributed by atoms with E-state index in [2.05, 4.69) is 80.7 Å². The van der Waals surface area contributed by atoms with Gasteiger partial charge in [-0.05, 0) is 168 Å². The van der Waals surface area contributed by atoms with Gasteiger partial charge in [0.05, 0.1) is 24.6 Å². The highest BCUT2D eigenvalue weighted by Crippen LogP contribution is 2.49. The zero-order chi connectivity index (χ0) is 61.9. The summed E-state index contributed by atoms with van der Waals surface area (Å²) in [5.74, 6) is -2.55. The van der Waals surface area contributed by atoms with E-state index in [1.54, 1.807) is 143 Å². The third kappa shape index (κ3) is 17.7. The quantitative estimate of drug-likeness (QED) is 0.0366. The molecule has 4 heterocycles. The summed E-state index contributed by atoms with van der Waals surface area (Å²) in [5.41, 5.74) is -7.09. The van der Waals surface area contributed by atoms with Gasteiger partial charge in [-0.1, -0.05) is 72.8 Å². The second kappa shape index (κ2) is 27.1. The number of nitrogens with zero attached hydrogens (tertiary/aromatic N) is 7. The number of anilines is 2. The molecule has 83 heavy (non-hydrogen) atoms. The number of carbonyl (C=O) groups is 3. The molecular formula is C57H64Br2F6N8O10. The van der Waals surface area contributed by atoms with E-state index in [9.17, 15) is 40.7 Å². The van der Waals surface area contributed by atoms with Crippen LogP contribution in [0.1, 0.15) is 122 Å². The Labute approximate surface area is 493 Å². The van der Waals surface area contributed by atoms with Gasteiger partial charge in [0.25, 0.3) is 23.6 Å². The van der Waals surface area contributed by atoms with Gasteiger partial charge in [0, 0.05) is 0 Å². The van der Waals surface area contributed by atoms with Gasteiger partial charge in [-0.3, -0.25) is 5.32 Å². The first kappa shape index (κ1) is 66.8. The van der Waals surface area contributed by atoms with Crippen LogP contribution >= 0.6 is 31.9 Å². The number of alkyl halides is 6. The summed E-state index contributed by atoms with van der Waals surface area (Å²) in [6.45, 7) is 24.4. The molecule has 0 aliphatic heterocycles. The molecule has 3 amide bonds. The summed E-state index contributed by atoms with van der Waals surface area (Å²) in [4.78, 5) is 48.5.